The van der Waals surface area contributed by atoms with Crippen LogP contribution in [0.5, 0.6) is 5.75 Å². The zero-order valence-corrected chi connectivity index (χ0v) is 22.1. The van der Waals surface area contributed by atoms with Crippen molar-refractivity contribution < 1.29 is 19.4 Å². The maximum Gasteiger partial charge on any atom is 0.327 e. The van der Waals surface area contributed by atoms with E-state index < -0.39 is 12.2 Å². The summed E-state index contributed by atoms with van der Waals surface area (Å²) in [4.78, 5) is 29.1. The molecule has 8 nitrogen and oxygen atoms in total. The largest absolute Gasteiger partial charge is 0.492 e. The molecule has 0 aromatic heterocycles. The molecule has 2 aromatic rings. The van der Waals surface area contributed by atoms with E-state index in [0.717, 1.165) is 42.6 Å². The van der Waals surface area contributed by atoms with Gasteiger partial charge in [-0.2, -0.15) is 0 Å². The highest BCUT2D eigenvalue weighted by Gasteiger charge is 2.50. The van der Waals surface area contributed by atoms with E-state index in [9.17, 15) is 9.59 Å². The van der Waals surface area contributed by atoms with Crippen LogP contribution in [0.3, 0.4) is 0 Å². The molecule has 2 aliphatic heterocycles. The fraction of sp³-hybridized carbons (Fsp3) is 0.517. The molecule has 4 unspecified atom stereocenters. The number of ether oxygens (including phenoxy) is 1. The van der Waals surface area contributed by atoms with Gasteiger partial charge in [0, 0.05) is 26.2 Å². The van der Waals surface area contributed by atoms with Gasteiger partial charge in [0.05, 0.1) is 6.04 Å². The Kier molecular flexibility index (Phi) is 9.18. The summed E-state index contributed by atoms with van der Waals surface area (Å²) in [7, 11) is 1.56. The molecule has 0 bridgehead atoms. The van der Waals surface area contributed by atoms with Crippen molar-refractivity contribution in [2.24, 2.45) is 5.92 Å². The minimum atomic E-state index is -0.509. The number of carbonyl (C=O) groups is 2. The Hall–Kier alpha value is -2.94. The minimum absolute atomic E-state index is 0.00464. The Bertz CT molecular complexity index is 1030. The van der Waals surface area contributed by atoms with Gasteiger partial charge >= 0.3 is 6.03 Å². The van der Waals surface area contributed by atoms with Gasteiger partial charge in [-0.25, -0.2) is 4.79 Å². The predicted octanol–water partition coefficient (Wildman–Crippen LogP) is 3.46. The Morgan fingerprint density at radius 2 is 1.62 bits per heavy atom. The number of imide groups is 1. The van der Waals surface area contributed by atoms with E-state index in [0.29, 0.717) is 13.2 Å². The average molecular weight is 509 g/mol. The SMILES string of the molecule is CC(C)CN1C(=O)N(C)C(=O)C2NC(CCCCCO)C(COc3ccc(-c4ccccc4)cc3)NC21. The zero-order valence-electron chi connectivity index (χ0n) is 22.1. The molecule has 0 radical (unpaired) electrons. The van der Waals surface area contributed by atoms with Crippen LogP contribution in [0, 0.1) is 5.92 Å². The number of unbranched alkanes of at least 4 members (excludes halogenated alkanes) is 2. The summed E-state index contributed by atoms with van der Waals surface area (Å²) in [5.74, 6) is 0.831. The number of hydrogen-bond donors (Lipinski definition) is 3. The van der Waals surface area contributed by atoms with Gasteiger partial charge in [-0.05, 0) is 42.0 Å². The molecule has 2 saturated heterocycles. The average Bonchev–Trinajstić information content (AvgIpc) is 2.92. The number of rotatable bonds is 11. The number of aliphatic hydroxyl groups excluding tert-OH is 1. The number of urea groups is 1. The number of nitrogens with zero attached hydrogens (tertiary/aromatic N) is 2. The number of piperazine rings is 1. The van der Waals surface area contributed by atoms with Gasteiger partial charge in [0.2, 0.25) is 0 Å². The molecule has 0 spiro atoms. The highest BCUT2D eigenvalue weighted by atomic mass is 16.5. The summed E-state index contributed by atoms with van der Waals surface area (Å²) < 4.78 is 6.22. The molecule has 2 aromatic carbocycles. The Morgan fingerprint density at radius 3 is 2.30 bits per heavy atom. The van der Waals surface area contributed by atoms with Crippen LogP contribution in [0.2, 0.25) is 0 Å². The second-order valence-corrected chi connectivity index (χ2v) is 10.5. The standard InChI is InChI=1S/C29H40N4O4/c1-20(2)18-33-27-26(28(35)32(3)29(33)36)30-24(12-8-5-9-17-34)25(31-27)19-37-23-15-13-22(14-16-23)21-10-6-4-7-11-21/h4,6-7,10-11,13-16,20,24-27,30-31,34H,5,8-9,12,17-19H2,1-3H3. The maximum atomic E-state index is 13.1. The van der Waals surface area contributed by atoms with Crippen LogP contribution >= 0.6 is 0 Å². The maximum absolute atomic E-state index is 13.1. The van der Waals surface area contributed by atoms with Crippen molar-refractivity contribution in [3.8, 4) is 16.9 Å². The van der Waals surface area contributed by atoms with Crippen molar-refractivity contribution in [2.45, 2.75) is 63.8 Å². The van der Waals surface area contributed by atoms with Crippen LogP contribution in [-0.2, 0) is 4.79 Å². The van der Waals surface area contributed by atoms with Gasteiger partial charge in [0.1, 0.15) is 24.6 Å². The van der Waals surface area contributed by atoms with E-state index in [1.165, 1.54) is 4.90 Å². The van der Waals surface area contributed by atoms with Crippen LogP contribution in [-0.4, -0.2) is 77.9 Å². The molecule has 37 heavy (non-hydrogen) atoms. The highest BCUT2D eigenvalue weighted by Crippen LogP contribution is 2.26. The summed E-state index contributed by atoms with van der Waals surface area (Å²) in [6, 6.07) is 17.4. The number of benzene rings is 2. The second-order valence-electron chi connectivity index (χ2n) is 10.5. The number of nitrogens with one attached hydrogen (secondary N) is 2. The first kappa shape index (κ1) is 27.1. The number of fused-ring (bicyclic) bond motifs is 1. The van der Waals surface area contributed by atoms with Crippen molar-refractivity contribution >= 4 is 11.9 Å². The monoisotopic (exact) mass is 508 g/mol. The lowest BCUT2D eigenvalue weighted by Crippen LogP contribution is -2.79. The Labute approximate surface area is 220 Å². The molecule has 0 aliphatic carbocycles. The molecule has 8 heteroatoms. The molecule has 3 amide bonds. The van der Waals surface area contributed by atoms with E-state index in [1.807, 2.05) is 30.3 Å². The van der Waals surface area contributed by atoms with E-state index in [-0.39, 0.29) is 36.5 Å². The smallest absolute Gasteiger partial charge is 0.327 e. The van der Waals surface area contributed by atoms with E-state index in [2.05, 4.69) is 48.7 Å². The number of carbonyl (C=O) groups excluding carboxylic acids is 2. The number of likely N-dealkylation sites (N-methyl/N-ethyl adjacent to an activating group) is 1. The highest BCUT2D eigenvalue weighted by molar-refractivity contribution is 6.00. The molecule has 0 saturated carbocycles. The first-order valence-electron chi connectivity index (χ1n) is 13.4. The molecule has 2 heterocycles. The number of amides is 3. The molecule has 2 fully saturated rings. The fourth-order valence-electron chi connectivity index (χ4n) is 5.21. The molecule has 200 valence electrons. The van der Waals surface area contributed by atoms with Crippen molar-refractivity contribution in [1.29, 1.82) is 0 Å². The Balaban J connectivity index is 1.48. The van der Waals surface area contributed by atoms with Gasteiger partial charge in [0.25, 0.3) is 5.91 Å². The molecular weight excluding hydrogens is 468 g/mol. The molecule has 4 rings (SSSR count). The first-order chi connectivity index (χ1) is 17.9. The van der Waals surface area contributed by atoms with Crippen LogP contribution < -0.4 is 15.4 Å². The lowest BCUT2D eigenvalue weighted by atomic mass is 9.93. The summed E-state index contributed by atoms with van der Waals surface area (Å²) in [6.07, 6.45) is 3.02. The van der Waals surface area contributed by atoms with Gasteiger partial charge in [-0.3, -0.25) is 20.3 Å². The van der Waals surface area contributed by atoms with Gasteiger partial charge in [0.15, 0.2) is 0 Å². The predicted molar refractivity (Wildman–Crippen MR) is 144 cm³/mol. The van der Waals surface area contributed by atoms with Crippen LogP contribution in [0.25, 0.3) is 11.1 Å². The number of hydrogen-bond acceptors (Lipinski definition) is 6. The third-order valence-corrected chi connectivity index (χ3v) is 7.17. The van der Waals surface area contributed by atoms with Crippen molar-refractivity contribution in [3.05, 3.63) is 54.6 Å². The lowest BCUT2D eigenvalue weighted by Gasteiger charge is -2.51. The second kappa shape index (κ2) is 12.5. The first-order valence-corrected chi connectivity index (χ1v) is 13.4. The van der Waals surface area contributed by atoms with E-state index in [4.69, 9.17) is 9.84 Å². The summed E-state index contributed by atoms with van der Waals surface area (Å²) >= 11 is 0. The zero-order chi connectivity index (χ0) is 26.4. The van der Waals surface area contributed by atoms with Gasteiger partial charge in [-0.15, -0.1) is 0 Å². The molecule has 3 N–H and O–H groups in total. The van der Waals surface area contributed by atoms with Gasteiger partial charge < -0.3 is 14.7 Å². The number of aliphatic hydroxyl groups is 1. The third kappa shape index (κ3) is 6.50. The summed E-state index contributed by atoms with van der Waals surface area (Å²) in [5.41, 5.74) is 2.28. The van der Waals surface area contributed by atoms with Gasteiger partial charge in [-0.1, -0.05) is 69.2 Å². The quantitative estimate of drug-likeness (QED) is 0.403. The summed E-state index contributed by atoms with van der Waals surface area (Å²) in [5, 5.41) is 16.3. The molecule has 2 aliphatic rings. The van der Waals surface area contributed by atoms with E-state index in [1.54, 1.807) is 11.9 Å². The van der Waals surface area contributed by atoms with Crippen LogP contribution in [0.15, 0.2) is 54.6 Å². The van der Waals surface area contributed by atoms with Crippen LogP contribution in [0.1, 0.15) is 39.5 Å². The molecular formula is C29H40N4O4. The Morgan fingerprint density at radius 1 is 0.919 bits per heavy atom. The normalized spacial score (nSPS) is 23.9. The van der Waals surface area contributed by atoms with Crippen molar-refractivity contribution in [3.63, 3.8) is 0 Å². The van der Waals surface area contributed by atoms with Crippen molar-refractivity contribution in [1.82, 2.24) is 20.4 Å². The van der Waals surface area contributed by atoms with Crippen LogP contribution in [0.4, 0.5) is 4.79 Å². The topological polar surface area (TPSA) is 94.1 Å². The molecule has 4 atom stereocenters. The minimum Gasteiger partial charge on any atom is -0.492 e. The summed E-state index contributed by atoms with van der Waals surface area (Å²) in [6.45, 7) is 5.28. The third-order valence-electron chi connectivity index (χ3n) is 7.17. The fourth-order valence-corrected chi connectivity index (χ4v) is 5.21. The van der Waals surface area contributed by atoms with Crippen molar-refractivity contribution in [2.75, 3.05) is 26.8 Å². The lowest BCUT2D eigenvalue weighted by molar-refractivity contribution is -0.138. The van der Waals surface area contributed by atoms with E-state index >= 15 is 0 Å².